The molecule has 7 nitrogen and oxygen atoms in total. The van der Waals surface area contributed by atoms with Gasteiger partial charge in [0.1, 0.15) is 6.10 Å². The summed E-state index contributed by atoms with van der Waals surface area (Å²) in [4.78, 5) is 16.0. The van der Waals surface area contributed by atoms with E-state index in [9.17, 15) is 4.79 Å². The number of hydrogen-bond donors (Lipinski definition) is 2. The molecule has 1 amide bonds. The molecule has 35 heavy (non-hydrogen) atoms. The number of hydrogen-bond acceptors (Lipinski definition) is 5. The third kappa shape index (κ3) is 4.83. The van der Waals surface area contributed by atoms with Crippen molar-refractivity contribution in [2.24, 2.45) is 42.1 Å². The van der Waals surface area contributed by atoms with Crippen molar-refractivity contribution in [3.05, 3.63) is 29.6 Å². The van der Waals surface area contributed by atoms with E-state index in [4.69, 9.17) is 15.6 Å². The number of aryl methyl sites for hydroxylation is 2. The average molecular weight is 480 g/mol. The highest BCUT2D eigenvalue weighted by molar-refractivity contribution is 6.09. The first kappa shape index (κ1) is 24.3. The van der Waals surface area contributed by atoms with Crippen molar-refractivity contribution >= 4 is 17.5 Å². The van der Waals surface area contributed by atoms with Crippen LogP contribution in [0.4, 0.5) is 0 Å². The van der Waals surface area contributed by atoms with Gasteiger partial charge in [0, 0.05) is 38.0 Å². The van der Waals surface area contributed by atoms with Gasteiger partial charge in [-0.05, 0) is 87.5 Å². The van der Waals surface area contributed by atoms with Crippen molar-refractivity contribution in [3.8, 4) is 0 Å². The number of carbonyl (C=O) groups is 1. The highest BCUT2D eigenvalue weighted by atomic mass is 16.5. The lowest BCUT2D eigenvalue weighted by molar-refractivity contribution is -0.150. The van der Waals surface area contributed by atoms with Crippen molar-refractivity contribution in [3.63, 3.8) is 0 Å². The van der Waals surface area contributed by atoms with Gasteiger partial charge in [-0.25, -0.2) is 0 Å². The molecular formula is C28H41N5O2. The molecule has 2 heterocycles. The van der Waals surface area contributed by atoms with Crippen LogP contribution in [0.15, 0.2) is 18.3 Å². The molecule has 4 aliphatic rings. The first-order valence-corrected chi connectivity index (χ1v) is 13.4. The quantitative estimate of drug-likeness (QED) is 0.472. The fourth-order valence-electron chi connectivity index (χ4n) is 8.14. The Hall–Kier alpha value is -2.44. The van der Waals surface area contributed by atoms with E-state index in [1.165, 1.54) is 12.8 Å². The normalized spacial score (nSPS) is 36.4. The zero-order valence-electron chi connectivity index (χ0n) is 21.7. The number of rotatable bonds is 5. The van der Waals surface area contributed by atoms with Gasteiger partial charge in [-0.1, -0.05) is 13.8 Å². The van der Waals surface area contributed by atoms with Crippen LogP contribution in [0, 0.1) is 52.7 Å². The van der Waals surface area contributed by atoms with Gasteiger partial charge in [0.2, 0.25) is 11.8 Å². The number of nitrogens with one attached hydrogen (secondary N) is 2. The molecule has 5 atom stereocenters. The Bertz CT molecular complexity index is 1010. The van der Waals surface area contributed by atoms with Crippen LogP contribution in [0.2, 0.25) is 0 Å². The van der Waals surface area contributed by atoms with Crippen molar-refractivity contribution in [1.82, 2.24) is 14.7 Å². The second-order valence-corrected chi connectivity index (χ2v) is 12.3. The Morgan fingerprint density at radius 1 is 1.06 bits per heavy atom. The maximum absolute atomic E-state index is 13.8. The molecule has 1 saturated heterocycles. The molecule has 2 N–H and O–H groups in total. The topological polar surface area (TPSA) is 95.1 Å². The number of allylic oxidation sites excluding steroid dienone is 1. The predicted molar refractivity (Wildman–Crippen MR) is 137 cm³/mol. The average Bonchev–Trinajstić information content (AvgIpc) is 3.42. The van der Waals surface area contributed by atoms with Crippen LogP contribution in [0.25, 0.3) is 0 Å². The molecule has 1 aromatic rings. The lowest BCUT2D eigenvalue weighted by Crippen LogP contribution is -2.50. The lowest BCUT2D eigenvalue weighted by atomic mass is 9.56. The fraction of sp³-hybridized carbons (Fsp3) is 0.714. The zero-order valence-corrected chi connectivity index (χ0v) is 21.7. The molecule has 2 unspecified atom stereocenters. The molecule has 4 fully saturated rings. The highest BCUT2D eigenvalue weighted by Crippen LogP contribution is 2.54. The smallest absolute Gasteiger partial charge is 0.228 e. The third-order valence-electron chi connectivity index (χ3n) is 9.08. The summed E-state index contributed by atoms with van der Waals surface area (Å²) in [5.74, 6) is 3.55. The molecule has 1 aromatic heterocycles. The van der Waals surface area contributed by atoms with Gasteiger partial charge in [0.15, 0.2) is 0 Å². The number of nitrogens with zero attached hydrogens (tertiary/aromatic N) is 3. The van der Waals surface area contributed by atoms with Gasteiger partial charge < -0.3 is 15.0 Å². The first-order valence-electron chi connectivity index (χ1n) is 13.4. The second-order valence-electron chi connectivity index (χ2n) is 12.3. The van der Waals surface area contributed by atoms with E-state index in [-0.39, 0.29) is 17.4 Å². The van der Waals surface area contributed by atoms with E-state index >= 15 is 0 Å². The maximum atomic E-state index is 13.8. The molecule has 0 radical (unpaired) electrons. The zero-order chi connectivity index (χ0) is 24.9. The summed E-state index contributed by atoms with van der Waals surface area (Å²) in [6.07, 6.45) is 12.7. The second kappa shape index (κ2) is 9.21. The summed E-state index contributed by atoms with van der Waals surface area (Å²) in [7, 11) is 1.84. The minimum atomic E-state index is -0.113. The van der Waals surface area contributed by atoms with Gasteiger partial charge >= 0.3 is 0 Å². The summed E-state index contributed by atoms with van der Waals surface area (Å²) in [6, 6.07) is 0. The summed E-state index contributed by atoms with van der Waals surface area (Å²) < 4.78 is 7.65. The van der Waals surface area contributed by atoms with Gasteiger partial charge in [-0.15, -0.1) is 0 Å². The lowest BCUT2D eigenvalue weighted by Gasteiger charge is -2.50. The molecule has 7 heteroatoms. The van der Waals surface area contributed by atoms with Crippen molar-refractivity contribution in [2.75, 3.05) is 13.1 Å². The van der Waals surface area contributed by atoms with Crippen LogP contribution >= 0.6 is 0 Å². The van der Waals surface area contributed by atoms with Gasteiger partial charge in [0.25, 0.3) is 0 Å². The SMILES string of the molecule is Cc1nn(C)cc1C(=N)/C=C\C(=N)O[C@@H]1C[C@@H]2CN(C(=O)C34CC(C)CC(CC(C)C3)C4)C[C@@H]2C1. The Balaban J connectivity index is 1.14. The van der Waals surface area contributed by atoms with Crippen LogP contribution in [-0.2, 0) is 16.6 Å². The largest absolute Gasteiger partial charge is 0.475 e. The van der Waals surface area contributed by atoms with Crippen LogP contribution in [0.5, 0.6) is 0 Å². The number of fused-ring (bicyclic) bond motifs is 3. The molecule has 190 valence electrons. The molecule has 0 aromatic carbocycles. The number of likely N-dealkylation sites (tertiary alicyclic amines) is 1. The van der Waals surface area contributed by atoms with Gasteiger partial charge in [-0.3, -0.25) is 14.9 Å². The minimum absolute atomic E-state index is 0.0284. The first-order chi connectivity index (χ1) is 16.6. The Labute approximate surface area is 209 Å². The van der Waals surface area contributed by atoms with Gasteiger partial charge in [0.05, 0.1) is 16.8 Å². The van der Waals surface area contributed by atoms with E-state index in [2.05, 4.69) is 23.8 Å². The van der Waals surface area contributed by atoms with Crippen LogP contribution in [0.1, 0.15) is 70.1 Å². The summed E-state index contributed by atoms with van der Waals surface area (Å²) in [6.45, 7) is 8.27. The molecule has 3 aliphatic carbocycles. The van der Waals surface area contributed by atoms with E-state index in [1.807, 2.05) is 20.2 Å². The summed E-state index contributed by atoms with van der Waals surface area (Å²) in [5.41, 5.74) is 1.79. The standard InChI is InChI=1S/C28H41N5O2/c1-17-7-20-8-18(2)12-28(11-17,13-20)27(34)33-14-21-9-23(10-22(21)15-33)35-26(30)6-5-25(29)24-16-32(4)31-19(24)3/h5-6,16-18,20-23,29-30H,7-15H2,1-4H3/b6-5-,29-25?,30-26?/t17?,18?,20?,21-,22+,23-,28?. The van der Waals surface area contributed by atoms with E-state index in [0.717, 1.165) is 62.4 Å². The van der Waals surface area contributed by atoms with Crippen LogP contribution in [0.3, 0.4) is 0 Å². The Kier molecular flexibility index (Phi) is 6.39. The summed E-state index contributed by atoms with van der Waals surface area (Å²) >= 11 is 0. The number of amides is 1. The summed E-state index contributed by atoms with van der Waals surface area (Å²) in [5, 5.41) is 20.8. The fourth-order valence-corrected chi connectivity index (χ4v) is 8.14. The van der Waals surface area contributed by atoms with Gasteiger partial charge in [-0.2, -0.15) is 5.10 Å². The predicted octanol–water partition coefficient (Wildman–Crippen LogP) is 4.74. The van der Waals surface area contributed by atoms with Crippen LogP contribution < -0.4 is 0 Å². The number of aromatic nitrogens is 2. The van der Waals surface area contributed by atoms with Crippen LogP contribution in [-0.4, -0.2) is 51.4 Å². The number of ether oxygens (including phenoxy) is 1. The molecular weight excluding hydrogens is 438 g/mol. The van der Waals surface area contributed by atoms with E-state index in [1.54, 1.807) is 16.8 Å². The molecule has 0 spiro atoms. The molecule has 3 saturated carbocycles. The Morgan fingerprint density at radius 2 is 1.69 bits per heavy atom. The van der Waals surface area contributed by atoms with E-state index < -0.39 is 0 Å². The van der Waals surface area contributed by atoms with Crippen molar-refractivity contribution in [1.29, 1.82) is 10.8 Å². The maximum Gasteiger partial charge on any atom is 0.228 e. The molecule has 1 aliphatic heterocycles. The van der Waals surface area contributed by atoms with Crippen molar-refractivity contribution in [2.45, 2.75) is 71.8 Å². The highest BCUT2D eigenvalue weighted by Gasteiger charge is 2.53. The van der Waals surface area contributed by atoms with Crippen molar-refractivity contribution < 1.29 is 9.53 Å². The minimum Gasteiger partial charge on any atom is -0.475 e. The van der Waals surface area contributed by atoms with E-state index in [0.29, 0.717) is 35.3 Å². The number of carbonyl (C=O) groups excluding carboxylic acids is 1. The monoisotopic (exact) mass is 479 g/mol. The molecule has 5 rings (SSSR count). The molecule has 2 bridgehead atoms. The third-order valence-corrected chi connectivity index (χ3v) is 9.08. The Morgan fingerprint density at radius 3 is 2.26 bits per heavy atom.